The molecule has 0 spiro atoms. The Morgan fingerprint density at radius 2 is 1.88 bits per heavy atom. The van der Waals surface area contributed by atoms with Crippen molar-refractivity contribution in [2.75, 3.05) is 11.9 Å². The first-order valence-electron chi connectivity index (χ1n) is 8.18. The minimum Gasteiger partial charge on any atom is -0.482 e. The van der Waals surface area contributed by atoms with Crippen molar-refractivity contribution in [3.05, 3.63) is 58.1 Å². The van der Waals surface area contributed by atoms with Gasteiger partial charge in [-0.15, -0.1) is 0 Å². The van der Waals surface area contributed by atoms with Crippen molar-refractivity contribution in [2.24, 2.45) is 0 Å². The summed E-state index contributed by atoms with van der Waals surface area (Å²) >= 11 is 11.8. The van der Waals surface area contributed by atoms with Gasteiger partial charge in [-0.25, -0.2) is 0 Å². The van der Waals surface area contributed by atoms with Crippen molar-refractivity contribution in [1.29, 1.82) is 0 Å². The summed E-state index contributed by atoms with van der Waals surface area (Å²) in [6.07, 6.45) is 0.815. The number of nitrogens with one attached hydrogen (secondary N) is 2. The van der Waals surface area contributed by atoms with Crippen LogP contribution in [0, 0.1) is 0 Å². The van der Waals surface area contributed by atoms with E-state index in [2.05, 4.69) is 10.6 Å². The van der Waals surface area contributed by atoms with E-state index in [4.69, 9.17) is 27.9 Å². The van der Waals surface area contributed by atoms with Crippen molar-refractivity contribution < 1.29 is 14.3 Å². The Balaban J connectivity index is 2.01. The normalized spacial score (nSPS) is 11.5. The van der Waals surface area contributed by atoms with Crippen LogP contribution in [0.4, 0.5) is 5.69 Å². The molecular formula is C19H20Cl2N2O3. The maximum Gasteiger partial charge on any atom is 0.262 e. The minimum absolute atomic E-state index is 0.0432. The van der Waals surface area contributed by atoms with Gasteiger partial charge in [0.1, 0.15) is 5.75 Å². The molecule has 2 aromatic carbocycles. The van der Waals surface area contributed by atoms with Crippen LogP contribution in [0.5, 0.6) is 5.75 Å². The third-order valence-corrected chi connectivity index (χ3v) is 4.22. The zero-order valence-corrected chi connectivity index (χ0v) is 16.0. The number of hydrogen-bond donors (Lipinski definition) is 2. The number of anilines is 1. The summed E-state index contributed by atoms with van der Waals surface area (Å²) in [5.74, 6) is -0.286. The second kappa shape index (κ2) is 9.46. The molecule has 138 valence electrons. The van der Waals surface area contributed by atoms with Gasteiger partial charge in [0.2, 0.25) is 0 Å². The number of para-hydroxylation sites is 1. The number of carbonyl (C=O) groups excluding carboxylic acids is 2. The highest BCUT2D eigenvalue weighted by atomic mass is 35.5. The molecule has 5 nitrogen and oxygen atoms in total. The second-order valence-electron chi connectivity index (χ2n) is 5.74. The van der Waals surface area contributed by atoms with Gasteiger partial charge in [0, 0.05) is 11.1 Å². The highest BCUT2D eigenvalue weighted by molar-refractivity contribution is 6.35. The third-order valence-electron chi connectivity index (χ3n) is 3.69. The molecule has 0 heterocycles. The van der Waals surface area contributed by atoms with Gasteiger partial charge >= 0.3 is 0 Å². The number of rotatable bonds is 7. The molecule has 0 aliphatic heterocycles. The van der Waals surface area contributed by atoms with E-state index in [1.807, 2.05) is 13.8 Å². The number of carbonyl (C=O) groups is 2. The van der Waals surface area contributed by atoms with E-state index in [-0.39, 0.29) is 18.6 Å². The number of hydrogen-bond acceptors (Lipinski definition) is 3. The van der Waals surface area contributed by atoms with Crippen LogP contribution in [-0.2, 0) is 4.79 Å². The van der Waals surface area contributed by atoms with Gasteiger partial charge in [-0.2, -0.15) is 0 Å². The van der Waals surface area contributed by atoms with Gasteiger partial charge in [0.05, 0.1) is 16.3 Å². The van der Waals surface area contributed by atoms with E-state index in [0.29, 0.717) is 27.0 Å². The Labute approximate surface area is 162 Å². The van der Waals surface area contributed by atoms with Crippen molar-refractivity contribution in [2.45, 2.75) is 26.3 Å². The molecular weight excluding hydrogens is 375 g/mol. The molecule has 0 aliphatic rings. The fourth-order valence-electron chi connectivity index (χ4n) is 2.12. The van der Waals surface area contributed by atoms with Gasteiger partial charge in [0.15, 0.2) is 6.61 Å². The summed E-state index contributed by atoms with van der Waals surface area (Å²) in [6, 6.07) is 11.6. The molecule has 7 heteroatoms. The van der Waals surface area contributed by atoms with Crippen LogP contribution in [0.3, 0.4) is 0 Å². The molecule has 2 amide bonds. The Bertz CT molecular complexity index is 796. The molecule has 26 heavy (non-hydrogen) atoms. The lowest BCUT2D eigenvalue weighted by molar-refractivity contribution is -0.118. The highest BCUT2D eigenvalue weighted by Gasteiger charge is 2.15. The van der Waals surface area contributed by atoms with E-state index in [1.165, 1.54) is 6.07 Å². The van der Waals surface area contributed by atoms with Crippen LogP contribution in [0.15, 0.2) is 42.5 Å². The molecule has 0 aromatic heterocycles. The van der Waals surface area contributed by atoms with Gasteiger partial charge in [0.25, 0.3) is 11.8 Å². The minimum atomic E-state index is -0.403. The smallest absolute Gasteiger partial charge is 0.262 e. The Hall–Kier alpha value is -2.24. The summed E-state index contributed by atoms with van der Waals surface area (Å²) < 4.78 is 5.40. The SMILES string of the molecule is CC[C@H](C)NC(=O)c1ccccc1NC(=O)COc1ccc(Cl)cc1Cl. The number of ether oxygens (including phenoxy) is 1. The lowest BCUT2D eigenvalue weighted by atomic mass is 10.1. The van der Waals surface area contributed by atoms with Gasteiger partial charge < -0.3 is 15.4 Å². The number of halogens is 2. The highest BCUT2D eigenvalue weighted by Crippen LogP contribution is 2.27. The fourth-order valence-corrected chi connectivity index (χ4v) is 2.58. The first-order valence-corrected chi connectivity index (χ1v) is 8.94. The molecule has 2 aromatic rings. The zero-order valence-electron chi connectivity index (χ0n) is 14.5. The molecule has 0 fully saturated rings. The predicted molar refractivity (Wildman–Crippen MR) is 104 cm³/mol. The van der Waals surface area contributed by atoms with Crippen molar-refractivity contribution in [3.8, 4) is 5.75 Å². The molecule has 1 atom stereocenters. The van der Waals surface area contributed by atoms with Crippen LogP contribution in [-0.4, -0.2) is 24.5 Å². The predicted octanol–water partition coefficient (Wildman–Crippen LogP) is 4.54. The summed E-state index contributed by atoms with van der Waals surface area (Å²) in [5, 5.41) is 6.37. The van der Waals surface area contributed by atoms with E-state index in [9.17, 15) is 9.59 Å². The fraction of sp³-hybridized carbons (Fsp3) is 0.263. The third kappa shape index (κ3) is 5.64. The van der Waals surface area contributed by atoms with Crippen molar-refractivity contribution in [1.82, 2.24) is 5.32 Å². The summed E-state index contributed by atoms with van der Waals surface area (Å²) in [7, 11) is 0. The molecule has 2 N–H and O–H groups in total. The van der Waals surface area contributed by atoms with E-state index >= 15 is 0 Å². The first kappa shape index (κ1) is 20.1. The average Bonchev–Trinajstić information content (AvgIpc) is 2.61. The number of benzene rings is 2. The second-order valence-corrected chi connectivity index (χ2v) is 6.58. The topological polar surface area (TPSA) is 67.4 Å². The van der Waals surface area contributed by atoms with Gasteiger partial charge in [-0.1, -0.05) is 42.3 Å². The quantitative estimate of drug-likeness (QED) is 0.724. The average molecular weight is 395 g/mol. The molecule has 2 rings (SSSR count). The summed E-state index contributed by atoms with van der Waals surface area (Å²) in [4.78, 5) is 24.5. The molecule has 0 bridgehead atoms. The van der Waals surface area contributed by atoms with E-state index in [0.717, 1.165) is 6.42 Å². The molecule has 0 aliphatic carbocycles. The maximum absolute atomic E-state index is 12.3. The summed E-state index contributed by atoms with van der Waals surface area (Å²) in [6.45, 7) is 3.66. The van der Waals surface area contributed by atoms with Gasteiger partial charge in [-0.3, -0.25) is 9.59 Å². The number of amides is 2. The van der Waals surface area contributed by atoms with Crippen molar-refractivity contribution >= 4 is 40.7 Å². The standard InChI is InChI=1S/C19H20Cl2N2O3/c1-3-12(2)22-19(25)14-6-4-5-7-16(14)23-18(24)11-26-17-9-8-13(20)10-15(17)21/h4-10,12H,3,11H2,1-2H3,(H,22,25)(H,23,24)/t12-/m0/s1. The first-order chi connectivity index (χ1) is 12.4. The maximum atomic E-state index is 12.3. The lowest BCUT2D eigenvalue weighted by Gasteiger charge is -2.15. The van der Waals surface area contributed by atoms with Gasteiger partial charge in [-0.05, 0) is 43.7 Å². The van der Waals surface area contributed by atoms with Crippen LogP contribution in [0.1, 0.15) is 30.6 Å². The molecule has 0 saturated carbocycles. The Kier molecular flexibility index (Phi) is 7.30. The molecule has 0 radical (unpaired) electrons. The lowest BCUT2D eigenvalue weighted by Crippen LogP contribution is -2.33. The largest absolute Gasteiger partial charge is 0.482 e. The molecule has 0 saturated heterocycles. The summed E-state index contributed by atoms with van der Waals surface area (Å²) in [5.41, 5.74) is 0.815. The molecule has 0 unspecified atom stereocenters. The van der Waals surface area contributed by atoms with Crippen LogP contribution < -0.4 is 15.4 Å². The van der Waals surface area contributed by atoms with Crippen LogP contribution in [0.2, 0.25) is 10.0 Å². The Morgan fingerprint density at radius 3 is 2.58 bits per heavy atom. The van der Waals surface area contributed by atoms with Crippen LogP contribution >= 0.6 is 23.2 Å². The van der Waals surface area contributed by atoms with E-state index in [1.54, 1.807) is 36.4 Å². The van der Waals surface area contributed by atoms with E-state index < -0.39 is 5.91 Å². The zero-order chi connectivity index (χ0) is 19.1. The monoisotopic (exact) mass is 394 g/mol. The Morgan fingerprint density at radius 1 is 1.15 bits per heavy atom. The van der Waals surface area contributed by atoms with Crippen molar-refractivity contribution in [3.63, 3.8) is 0 Å². The van der Waals surface area contributed by atoms with Crippen LogP contribution in [0.25, 0.3) is 0 Å².